The lowest BCUT2D eigenvalue weighted by molar-refractivity contribution is 0.102. The number of pyridine rings is 1. The molecule has 114 valence electrons. The second-order valence-electron chi connectivity index (χ2n) is 4.94. The molecule has 0 atom stereocenters. The Morgan fingerprint density at radius 2 is 1.78 bits per heavy atom. The number of amides is 1. The van der Waals surface area contributed by atoms with Crippen LogP contribution in [-0.2, 0) is 0 Å². The van der Waals surface area contributed by atoms with E-state index < -0.39 is 0 Å². The number of hydrogen-bond acceptors (Lipinski definition) is 5. The number of anilines is 3. The zero-order valence-corrected chi connectivity index (χ0v) is 12.5. The van der Waals surface area contributed by atoms with Crippen molar-refractivity contribution in [1.29, 1.82) is 0 Å². The van der Waals surface area contributed by atoms with Gasteiger partial charge in [-0.3, -0.25) is 9.78 Å². The molecule has 1 amide bonds. The highest BCUT2D eigenvalue weighted by molar-refractivity contribution is 6.04. The van der Waals surface area contributed by atoms with Gasteiger partial charge in [-0.1, -0.05) is 6.07 Å². The van der Waals surface area contributed by atoms with E-state index in [0.717, 1.165) is 11.4 Å². The first-order valence-corrected chi connectivity index (χ1v) is 7.08. The summed E-state index contributed by atoms with van der Waals surface area (Å²) in [4.78, 5) is 24.3. The van der Waals surface area contributed by atoms with E-state index in [1.54, 1.807) is 24.5 Å². The third-order valence-electron chi connectivity index (χ3n) is 3.14. The van der Waals surface area contributed by atoms with Crippen LogP contribution in [0.15, 0.2) is 61.2 Å². The molecule has 0 spiro atoms. The minimum atomic E-state index is -0.178. The Labute approximate surface area is 133 Å². The number of carbonyl (C=O) groups is 1. The molecule has 0 saturated carbocycles. The number of nitrogens with zero attached hydrogens (tertiary/aromatic N) is 3. The van der Waals surface area contributed by atoms with Crippen molar-refractivity contribution in [1.82, 2.24) is 15.0 Å². The Morgan fingerprint density at radius 3 is 2.57 bits per heavy atom. The fourth-order valence-electron chi connectivity index (χ4n) is 2.05. The van der Waals surface area contributed by atoms with Gasteiger partial charge in [-0.25, -0.2) is 9.97 Å². The molecule has 3 aromatic rings. The van der Waals surface area contributed by atoms with E-state index in [9.17, 15) is 4.79 Å². The molecule has 6 heteroatoms. The van der Waals surface area contributed by atoms with Crippen LogP contribution >= 0.6 is 0 Å². The summed E-state index contributed by atoms with van der Waals surface area (Å²) >= 11 is 0. The fraction of sp³-hybridized carbons (Fsp3) is 0.0588. The Kier molecular flexibility index (Phi) is 4.24. The molecule has 1 aromatic carbocycles. The van der Waals surface area contributed by atoms with E-state index >= 15 is 0 Å². The van der Waals surface area contributed by atoms with Crippen molar-refractivity contribution < 1.29 is 4.79 Å². The zero-order valence-electron chi connectivity index (χ0n) is 12.5. The maximum Gasteiger partial charge on any atom is 0.255 e. The van der Waals surface area contributed by atoms with Gasteiger partial charge in [0.2, 0.25) is 0 Å². The van der Waals surface area contributed by atoms with Crippen molar-refractivity contribution in [2.75, 3.05) is 10.6 Å². The summed E-state index contributed by atoms with van der Waals surface area (Å²) in [5.74, 6) is 0.526. The maximum absolute atomic E-state index is 12.1. The van der Waals surface area contributed by atoms with Gasteiger partial charge in [0.1, 0.15) is 12.1 Å². The number of aryl methyl sites for hydroxylation is 1. The van der Waals surface area contributed by atoms with E-state index in [-0.39, 0.29) is 5.91 Å². The molecule has 3 rings (SSSR count). The number of aromatic nitrogens is 3. The summed E-state index contributed by atoms with van der Waals surface area (Å²) in [5.41, 5.74) is 2.97. The largest absolute Gasteiger partial charge is 0.340 e. The number of rotatable bonds is 4. The first-order chi connectivity index (χ1) is 11.2. The molecule has 0 unspecified atom stereocenters. The highest BCUT2D eigenvalue weighted by atomic mass is 16.1. The van der Waals surface area contributed by atoms with E-state index in [1.807, 2.05) is 37.3 Å². The molecule has 0 bridgehead atoms. The highest BCUT2D eigenvalue weighted by Gasteiger charge is 2.06. The third kappa shape index (κ3) is 3.88. The van der Waals surface area contributed by atoms with E-state index in [0.29, 0.717) is 17.1 Å². The van der Waals surface area contributed by atoms with Crippen LogP contribution < -0.4 is 10.6 Å². The lowest BCUT2D eigenvalue weighted by Crippen LogP contribution is -2.11. The third-order valence-corrected chi connectivity index (χ3v) is 3.14. The van der Waals surface area contributed by atoms with Crippen LogP contribution in [0, 0.1) is 6.92 Å². The highest BCUT2D eigenvalue weighted by Crippen LogP contribution is 2.19. The second kappa shape index (κ2) is 6.65. The van der Waals surface area contributed by atoms with Crippen molar-refractivity contribution >= 4 is 23.1 Å². The summed E-state index contributed by atoms with van der Waals surface area (Å²) in [6.07, 6.45) is 4.68. The van der Waals surface area contributed by atoms with Crippen LogP contribution in [0.25, 0.3) is 0 Å². The lowest BCUT2D eigenvalue weighted by atomic mass is 10.2. The zero-order chi connectivity index (χ0) is 16.1. The normalized spacial score (nSPS) is 10.1. The Bertz CT molecular complexity index is 820. The first-order valence-electron chi connectivity index (χ1n) is 7.08. The van der Waals surface area contributed by atoms with Gasteiger partial charge in [0.15, 0.2) is 0 Å². The molecular formula is C17H15N5O. The van der Waals surface area contributed by atoms with Crippen molar-refractivity contribution in [3.05, 3.63) is 72.4 Å². The average Bonchev–Trinajstić information content (AvgIpc) is 2.56. The van der Waals surface area contributed by atoms with Gasteiger partial charge in [0, 0.05) is 41.1 Å². The van der Waals surface area contributed by atoms with Crippen LogP contribution in [0.1, 0.15) is 16.1 Å². The molecule has 0 radical (unpaired) electrons. The summed E-state index contributed by atoms with van der Waals surface area (Å²) < 4.78 is 0. The quantitative estimate of drug-likeness (QED) is 0.774. The van der Waals surface area contributed by atoms with Gasteiger partial charge < -0.3 is 10.6 Å². The molecule has 0 aliphatic heterocycles. The minimum Gasteiger partial charge on any atom is -0.340 e. The standard InChI is InChI=1S/C17H15N5O/c1-12-9-16(20-11-19-12)21-14-3-2-4-15(10-14)22-17(23)13-5-7-18-8-6-13/h2-11H,1H3,(H,22,23)(H,19,20,21). The molecule has 2 heterocycles. The summed E-state index contributed by atoms with van der Waals surface area (Å²) in [6.45, 7) is 1.90. The van der Waals surface area contributed by atoms with Crippen LogP contribution in [-0.4, -0.2) is 20.9 Å². The molecule has 6 nitrogen and oxygen atoms in total. The van der Waals surface area contributed by atoms with Crippen LogP contribution in [0.4, 0.5) is 17.2 Å². The Morgan fingerprint density at radius 1 is 1.00 bits per heavy atom. The van der Waals surface area contributed by atoms with Crippen molar-refractivity contribution in [3.8, 4) is 0 Å². The van der Waals surface area contributed by atoms with Gasteiger partial charge >= 0.3 is 0 Å². The van der Waals surface area contributed by atoms with Gasteiger partial charge in [0.05, 0.1) is 0 Å². The smallest absolute Gasteiger partial charge is 0.255 e. The van der Waals surface area contributed by atoms with Gasteiger partial charge in [-0.15, -0.1) is 0 Å². The fourth-order valence-corrected chi connectivity index (χ4v) is 2.05. The van der Waals surface area contributed by atoms with Crippen LogP contribution in [0.2, 0.25) is 0 Å². The van der Waals surface area contributed by atoms with E-state index in [2.05, 4.69) is 25.6 Å². The van der Waals surface area contributed by atoms with Crippen molar-refractivity contribution in [3.63, 3.8) is 0 Å². The molecule has 2 aromatic heterocycles. The number of benzene rings is 1. The minimum absolute atomic E-state index is 0.178. The Balaban J connectivity index is 1.74. The lowest BCUT2D eigenvalue weighted by Gasteiger charge is -2.09. The summed E-state index contributed by atoms with van der Waals surface area (Å²) in [6, 6.07) is 12.6. The van der Waals surface area contributed by atoms with Crippen molar-refractivity contribution in [2.45, 2.75) is 6.92 Å². The Hall–Kier alpha value is -3.28. The predicted octanol–water partition coefficient (Wildman–Crippen LogP) is 3.18. The van der Waals surface area contributed by atoms with Crippen molar-refractivity contribution in [2.24, 2.45) is 0 Å². The first kappa shape index (κ1) is 14.6. The molecule has 0 saturated heterocycles. The number of nitrogens with one attached hydrogen (secondary N) is 2. The predicted molar refractivity (Wildman–Crippen MR) is 88.7 cm³/mol. The molecule has 0 aliphatic carbocycles. The average molecular weight is 305 g/mol. The molecule has 2 N–H and O–H groups in total. The van der Waals surface area contributed by atoms with Gasteiger partial charge in [0.25, 0.3) is 5.91 Å². The second-order valence-corrected chi connectivity index (χ2v) is 4.94. The van der Waals surface area contributed by atoms with E-state index in [1.165, 1.54) is 6.33 Å². The van der Waals surface area contributed by atoms with Gasteiger partial charge in [-0.05, 0) is 37.3 Å². The molecule has 0 aliphatic rings. The monoisotopic (exact) mass is 305 g/mol. The van der Waals surface area contributed by atoms with Crippen LogP contribution in [0.3, 0.4) is 0 Å². The summed E-state index contributed by atoms with van der Waals surface area (Å²) in [7, 11) is 0. The SMILES string of the molecule is Cc1cc(Nc2cccc(NC(=O)c3ccncc3)c2)ncn1. The van der Waals surface area contributed by atoms with Gasteiger partial charge in [-0.2, -0.15) is 0 Å². The summed E-state index contributed by atoms with van der Waals surface area (Å²) in [5, 5.41) is 6.04. The molecular weight excluding hydrogens is 290 g/mol. The topological polar surface area (TPSA) is 79.8 Å². The number of hydrogen-bond donors (Lipinski definition) is 2. The number of carbonyl (C=O) groups excluding carboxylic acids is 1. The van der Waals surface area contributed by atoms with Crippen LogP contribution in [0.5, 0.6) is 0 Å². The van der Waals surface area contributed by atoms with E-state index in [4.69, 9.17) is 0 Å². The maximum atomic E-state index is 12.1. The molecule has 23 heavy (non-hydrogen) atoms. The molecule has 0 fully saturated rings.